The van der Waals surface area contributed by atoms with Crippen molar-refractivity contribution in [2.75, 3.05) is 30.8 Å². The summed E-state index contributed by atoms with van der Waals surface area (Å²) in [6.07, 6.45) is 4.43. The summed E-state index contributed by atoms with van der Waals surface area (Å²) in [6.45, 7) is 4.86. The van der Waals surface area contributed by atoms with Crippen LogP contribution >= 0.6 is 11.3 Å². The quantitative estimate of drug-likeness (QED) is 0.869. The van der Waals surface area contributed by atoms with Gasteiger partial charge in [0.15, 0.2) is 0 Å². The highest BCUT2D eigenvalue weighted by Crippen LogP contribution is 2.27. The molecule has 2 aromatic heterocycles. The Morgan fingerprint density at radius 3 is 2.79 bits per heavy atom. The summed E-state index contributed by atoms with van der Waals surface area (Å²) in [7, 11) is 2.17. The number of rotatable bonds is 5. The Balaban J connectivity index is 1.59. The minimum Gasteiger partial charge on any atom is -0.364 e. The molecule has 1 aliphatic carbocycles. The van der Waals surface area contributed by atoms with Gasteiger partial charge in [-0.05, 0) is 33.2 Å². The number of nitrogens with zero attached hydrogens (tertiary/aromatic N) is 4. The first-order valence-corrected chi connectivity index (χ1v) is 9.55. The monoisotopic (exact) mass is 344 g/mol. The lowest BCUT2D eigenvalue weighted by atomic mass is 10.1. The first kappa shape index (κ1) is 15.8. The second-order valence-electron chi connectivity index (χ2n) is 6.75. The Morgan fingerprint density at radius 1 is 1.21 bits per heavy atom. The summed E-state index contributed by atoms with van der Waals surface area (Å²) < 4.78 is 0. The highest BCUT2D eigenvalue weighted by atomic mass is 32.1. The fourth-order valence-electron chi connectivity index (χ4n) is 3.00. The lowest BCUT2D eigenvalue weighted by Gasteiger charge is -2.15. The number of hydrogen-bond acceptors (Lipinski definition) is 7. The van der Waals surface area contributed by atoms with Crippen molar-refractivity contribution < 1.29 is 0 Å². The first-order valence-electron chi connectivity index (χ1n) is 8.67. The van der Waals surface area contributed by atoms with Gasteiger partial charge in [0, 0.05) is 36.5 Å². The Kier molecular flexibility index (Phi) is 4.37. The molecule has 0 bridgehead atoms. The van der Waals surface area contributed by atoms with Gasteiger partial charge in [0.2, 0.25) is 5.95 Å². The second-order valence-corrected chi connectivity index (χ2v) is 7.82. The number of aryl methyl sites for hydroxylation is 1. The molecule has 1 fully saturated rings. The van der Waals surface area contributed by atoms with Crippen molar-refractivity contribution in [1.29, 1.82) is 0 Å². The molecule has 0 radical (unpaired) electrons. The van der Waals surface area contributed by atoms with E-state index in [9.17, 15) is 0 Å². The molecule has 1 saturated carbocycles. The van der Waals surface area contributed by atoms with Gasteiger partial charge in [-0.15, -0.1) is 11.3 Å². The van der Waals surface area contributed by atoms with Crippen LogP contribution in [0.25, 0.3) is 0 Å². The highest BCUT2D eigenvalue weighted by Gasteiger charge is 2.24. The number of thiazole rings is 1. The Bertz CT molecular complexity index is 724. The van der Waals surface area contributed by atoms with E-state index in [1.54, 1.807) is 11.3 Å². The lowest BCUT2D eigenvalue weighted by Crippen LogP contribution is -2.20. The van der Waals surface area contributed by atoms with E-state index >= 15 is 0 Å². The molecule has 1 aliphatic heterocycles. The number of nitrogens with one attached hydrogen (secondary N) is 2. The van der Waals surface area contributed by atoms with Gasteiger partial charge < -0.3 is 15.5 Å². The first-order chi connectivity index (χ1) is 11.7. The zero-order valence-electron chi connectivity index (χ0n) is 14.3. The van der Waals surface area contributed by atoms with E-state index in [1.807, 2.05) is 6.92 Å². The number of aromatic nitrogens is 3. The van der Waals surface area contributed by atoms with Crippen LogP contribution in [0.4, 0.5) is 11.8 Å². The fourth-order valence-corrected chi connectivity index (χ4v) is 3.61. The maximum Gasteiger partial charge on any atom is 0.225 e. The maximum absolute atomic E-state index is 4.81. The van der Waals surface area contributed by atoms with Gasteiger partial charge in [-0.3, -0.25) is 0 Å². The van der Waals surface area contributed by atoms with Gasteiger partial charge in [-0.2, -0.15) is 4.98 Å². The number of likely N-dealkylation sites (N-methyl/N-ethyl adjacent to an activating group) is 1. The Labute approximate surface area is 146 Å². The van der Waals surface area contributed by atoms with Crippen molar-refractivity contribution in [3.05, 3.63) is 27.3 Å². The molecule has 0 amide bonds. The predicted molar refractivity (Wildman–Crippen MR) is 97.8 cm³/mol. The minimum atomic E-state index is 0.561. The lowest BCUT2D eigenvalue weighted by molar-refractivity contribution is 0.352. The van der Waals surface area contributed by atoms with E-state index in [0.29, 0.717) is 12.6 Å². The van der Waals surface area contributed by atoms with Crippen LogP contribution in [-0.4, -0.2) is 46.0 Å². The maximum atomic E-state index is 4.81. The molecule has 0 aromatic carbocycles. The molecule has 24 heavy (non-hydrogen) atoms. The molecule has 4 rings (SSSR count). The summed E-state index contributed by atoms with van der Waals surface area (Å²) in [6, 6.07) is 0.561. The van der Waals surface area contributed by atoms with E-state index in [0.717, 1.165) is 48.4 Å². The van der Waals surface area contributed by atoms with E-state index < -0.39 is 0 Å². The van der Waals surface area contributed by atoms with Crippen molar-refractivity contribution in [2.45, 2.75) is 45.2 Å². The van der Waals surface area contributed by atoms with Crippen LogP contribution in [0.15, 0.2) is 5.38 Å². The zero-order chi connectivity index (χ0) is 16.5. The summed E-state index contributed by atoms with van der Waals surface area (Å²) in [5.74, 6) is 1.75. The third-order valence-corrected chi connectivity index (χ3v) is 5.40. The summed E-state index contributed by atoms with van der Waals surface area (Å²) in [4.78, 5) is 16.5. The molecule has 2 aliphatic rings. The van der Waals surface area contributed by atoms with E-state index in [1.165, 1.54) is 24.1 Å². The van der Waals surface area contributed by atoms with Gasteiger partial charge in [-0.25, -0.2) is 9.97 Å². The van der Waals surface area contributed by atoms with Crippen molar-refractivity contribution in [2.24, 2.45) is 0 Å². The molecule has 3 heterocycles. The van der Waals surface area contributed by atoms with Crippen LogP contribution < -0.4 is 10.6 Å². The molecule has 0 saturated heterocycles. The average molecular weight is 344 g/mol. The standard InChI is InChI=1S/C17H24N6S/c1-11-19-13(10-24-11)9-18-16-14-5-7-23(2)8-6-15(14)21-17(22-16)20-12-3-4-12/h10,12H,3-9H2,1-2H3,(H2,18,20,21,22). The Hall–Kier alpha value is -1.73. The fraction of sp³-hybridized carbons (Fsp3) is 0.588. The molecule has 7 heteroatoms. The average Bonchev–Trinajstić information content (AvgIpc) is 3.31. The van der Waals surface area contributed by atoms with Crippen molar-refractivity contribution in [1.82, 2.24) is 19.9 Å². The number of anilines is 2. The summed E-state index contributed by atoms with van der Waals surface area (Å²) in [5, 5.41) is 10.2. The van der Waals surface area contributed by atoms with Crippen LogP contribution in [0.3, 0.4) is 0 Å². The molecule has 0 unspecified atom stereocenters. The molecule has 0 atom stereocenters. The van der Waals surface area contributed by atoms with Crippen molar-refractivity contribution in [3.8, 4) is 0 Å². The van der Waals surface area contributed by atoms with Crippen LogP contribution in [0, 0.1) is 6.92 Å². The van der Waals surface area contributed by atoms with E-state index in [-0.39, 0.29) is 0 Å². The third kappa shape index (κ3) is 3.67. The zero-order valence-corrected chi connectivity index (χ0v) is 15.1. The topological polar surface area (TPSA) is 66.0 Å². The molecule has 0 spiro atoms. The molecule has 6 nitrogen and oxygen atoms in total. The van der Waals surface area contributed by atoms with Gasteiger partial charge in [0.1, 0.15) is 5.82 Å². The Morgan fingerprint density at radius 2 is 2.04 bits per heavy atom. The normalized spacial score (nSPS) is 18.1. The highest BCUT2D eigenvalue weighted by molar-refractivity contribution is 7.09. The SMILES string of the molecule is Cc1nc(CNc2nc(NC3CC3)nc3c2CCN(C)CC3)cs1. The van der Waals surface area contributed by atoms with E-state index in [2.05, 4.69) is 32.9 Å². The van der Waals surface area contributed by atoms with Gasteiger partial charge in [0.05, 0.1) is 22.9 Å². The largest absolute Gasteiger partial charge is 0.364 e. The number of hydrogen-bond donors (Lipinski definition) is 2. The molecular formula is C17H24N6S. The molecule has 2 N–H and O–H groups in total. The van der Waals surface area contributed by atoms with Crippen LogP contribution in [0.1, 0.15) is 34.8 Å². The van der Waals surface area contributed by atoms with Crippen molar-refractivity contribution >= 4 is 23.1 Å². The molecule has 2 aromatic rings. The smallest absolute Gasteiger partial charge is 0.225 e. The number of fused-ring (bicyclic) bond motifs is 1. The summed E-state index contributed by atoms with van der Waals surface area (Å²) >= 11 is 1.69. The minimum absolute atomic E-state index is 0.561. The van der Waals surface area contributed by atoms with Crippen LogP contribution in [-0.2, 0) is 19.4 Å². The molecular weight excluding hydrogens is 320 g/mol. The van der Waals surface area contributed by atoms with E-state index in [4.69, 9.17) is 9.97 Å². The summed E-state index contributed by atoms with van der Waals surface area (Å²) in [5.41, 5.74) is 3.54. The predicted octanol–water partition coefficient (Wildman–Crippen LogP) is 2.46. The molecule has 128 valence electrons. The second kappa shape index (κ2) is 6.64. The van der Waals surface area contributed by atoms with Gasteiger partial charge in [0.25, 0.3) is 0 Å². The van der Waals surface area contributed by atoms with Gasteiger partial charge in [-0.1, -0.05) is 0 Å². The third-order valence-electron chi connectivity index (χ3n) is 4.58. The van der Waals surface area contributed by atoms with Crippen LogP contribution in [0.5, 0.6) is 0 Å². The van der Waals surface area contributed by atoms with Crippen LogP contribution in [0.2, 0.25) is 0 Å². The van der Waals surface area contributed by atoms with Crippen molar-refractivity contribution in [3.63, 3.8) is 0 Å². The van der Waals surface area contributed by atoms with Gasteiger partial charge >= 0.3 is 0 Å².